The molecule has 0 fully saturated rings. The van der Waals surface area contributed by atoms with Gasteiger partial charge in [-0.25, -0.2) is 9.67 Å². The van der Waals surface area contributed by atoms with Gasteiger partial charge >= 0.3 is 12.0 Å². The van der Waals surface area contributed by atoms with E-state index in [2.05, 4.69) is 21.1 Å². The molecule has 2 aromatic rings. The first-order valence-electron chi connectivity index (χ1n) is 7.81. The zero-order valence-electron chi connectivity index (χ0n) is 14.1. The second kappa shape index (κ2) is 6.73. The highest BCUT2D eigenvalue weighted by molar-refractivity contribution is 6.03. The summed E-state index contributed by atoms with van der Waals surface area (Å²) in [7, 11) is 1.47. The Labute approximate surface area is 144 Å². The minimum absolute atomic E-state index is 0.176. The number of rotatable bonds is 4. The second-order valence-corrected chi connectivity index (χ2v) is 5.50. The Bertz CT molecular complexity index is 863. The number of aliphatic imine (C=N–C) groups is 1. The van der Waals surface area contributed by atoms with Crippen molar-refractivity contribution in [1.29, 1.82) is 5.26 Å². The molecule has 0 aliphatic carbocycles. The second-order valence-electron chi connectivity index (χ2n) is 5.50. The van der Waals surface area contributed by atoms with Crippen LogP contribution in [0.4, 0.5) is 5.95 Å². The van der Waals surface area contributed by atoms with Crippen molar-refractivity contribution in [3.8, 4) is 12.1 Å². The number of ether oxygens (including phenoxy) is 2. The lowest BCUT2D eigenvalue weighted by atomic mass is 9.88. The van der Waals surface area contributed by atoms with Crippen LogP contribution in [0.25, 0.3) is 0 Å². The van der Waals surface area contributed by atoms with E-state index in [4.69, 9.17) is 14.7 Å². The lowest BCUT2D eigenvalue weighted by Gasteiger charge is -2.29. The third-order valence-electron chi connectivity index (χ3n) is 4.00. The van der Waals surface area contributed by atoms with Gasteiger partial charge in [-0.3, -0.25) is 4.79 Å². The number of carbonyl (C=O) groups excluding carboxylic acids is 1. The Morgan fingerprint density at radius 1 is 1.36 bits per heavy atom. The number of methoxy groups -OCH3 is 1. The van der Waals surface area contributed by atoms with Gasteiger partial charge in [-0.15, -0.1) is 5.10 Å². The molecule has 128 valence electrons. The van der Waals surface area contributed by atoms with Gasteiger partial charge in [0.2, 0.25) is 0 Å². The predicted octanol–water partition coefficient (Wildman–Crippen LogP) is 2.03. The Balaban J connectivity index is 2.13. The fourth-order valence-corrected chi connectivity index (χ4v) is 2.86. The van der Waals surface area contributed by atoms with Gasteiger partial charge in [-0.2, -0.15) is 10.2 Å². The molecule has 0 radical (unpaired) electrons. The highest BCUT2D eigenvalue weighted by Crippen LogP contribution is 2.37. The highest BCUT2D eigenvalue weighted by Gasteiger charge is 2.40. The van der Waals surface area contributed by atoms with E-state index in [0.29, 0.717) is 17.2 Å². The van der Waals surface area contributed by atoms with Crippen LogP contribution in [-0.2, 0) is 9.53 Å². The molecular formula is C17H17N5O3. The summed E-state index contributed by atoms with van der Waals surface area (Å²) in [5, 5.41) is 13.3. The number of benzene rings is 1. The lowest BCUT2D eigenvalue weighted by Crippen LogP contribution is -2.37. The third-order valence-corrected chi connectivity index (χ3v) is 4.00. The van der Waals surface area contributed by atoms with E-state index in [-0.39, 0.29) is 18.6 Å². The fraction of sp³-hybridized carbons (Fsp3) is 0.353. The van der Waals surface area contributed by atoms with E-state index >= 15 is 0 Å². The topological polar surface area (TPSA) is 102 Å². The summed E-state index contributed by atoms with van der Waals surface area (Å²) in [6, 6.07) is 8.78. The molecule has 1 aromatic heterocycles. The summed E-state index contributed by atoms with van der Waals surface area (Å²) >= 11 is 0. The zero-order valence-corrected chi connectivity index (χ0v) is 14.1. The van der Waals surface area contributed by atoms with Crippen molar-refractivity contribution >= 4 is 17.6 Å². The summed E-state index contributed by atoms with van der Waals surface area (Å²) in [6.45, 7) is 3.80. The number of aromatic nitrogens is 3. The molecule has 2 unspecified atom stereocenters. The minimum Gasteiger partial charge on any atom is -0.466 e. The maximum atomic E-state index is 12.6. The van der Waals surface area contributed by atoms with Crippen molar-refractivity contribution in [3.63, 3.8) is 0 Å². The van der Waals surface area contributed by atoms with E-state index in [1.54, 1.807) is 42.8 Å². The number of esters is 1. The predicted molar refractivity (Wildman–Crippen MR) is 88.8 cm³/mol. The van der Waals surface area contributed by atoms with Crippen LogP contribution in [0.1, 0.15) is 31.0 Å². The molecule has 8 heteroatoms. The lowest BCUT2D eigenvalue weighted by molar-refractivity contribution is -0.146. The van der Waals surface area contributed by atoms with E-state index in [1.165, 1.54) is 7.11 Å². The molecule has 2 atom stereocenters. The van der Waals surface area contributed by atoms with Crippen molar-refractivity contribution in [1.82, 2.24) is 14.8 Å². The van der Waals surface area contributed by atoms with E-state index in [9.17, 15) is 4.79 Å². The number of fused-ring (bicyclic) bond motifs is 1. The average molecular weight is 339 g/mol. The Kier molecular flexibility index (Phi) is 4.48. The summed E-state index contributed by atoms with van der Waals surface area (Å²) in [5.74, 6) is -0.644. The maximum absolute atomic E-state index is 12.6. The molecule has 0 saturated heterocycles. The van der Waals surface area contributed by atoms with Crippen molar-refractivity contribution in [3.05, 3.63) is 35.4 Å². The smallest absolute Gasteiger partial charge is 0.337 e. The average Bonchev–Trinajstić information content (AvgIpc) is 3.03. The minimum atomic E-state index is -0.633. The van der Waals surface area contributed by atoms with Crippen LogP contribution in [0.5, 0.6) is 6.01 Å². The Hall–Kier alpha value is -3.21. The molecule has 1 aromatic carbocycles. The number of nitriles is 1. The van der Waals surface area contributed by atoms with Gasteiger partial charge in [0.1, 0.15) is 5.92 Å². The molecule has 0 amide bonds. The van der Waals surface area contributed by atoms with E-state index in [1.807, 2.05) is 0 Å². The third kappa shape index (κ3) is 2.96. The molecule has 0 bridgehead atoms. The number of hydrogen-bond acceptors (Lipinski definition) is 7. The molecule has 0 spiro atoms. The fourth-order valence-electron chi connectivity index (χ4n) is 2.86. The zero-order chi connectivity index (χ0) is 18.0. The van der Waals surface area contributed by atoms with Crippen LogP contribution in [0, 0.1) is 17.2 Å². The highest BCUT2D eigenvalue weighted by atomic mass is 16.5. The Morgan fingerprint density at radius 2 is 2.08 bits per heavy atom. The van der Waals surface area contributed by atoms with Crippen LogP contribution >= 0.6 is 0 Å². The first-order chi connectivity index (χ1) is 12.1. The monoisotopic (exact) mass is 339 g/mol. The van der Waals surface area contributed by atoms with Crippen molar-refractivity contribution in [2.24, 2.45) is 10.9 Å². The molecule has 25 heavy (non-hydrogen) atoms. The molecule has 0 saturated carbocycles. The van der Waals surface area contributed by atoms with Gasteiger partial charge in [0, 0.05) is 5.71 Å². The molecule has 1 aliphatic heterocycles. The SMILES string of the molecule is CCOC(=O)C1C(C)=Nc2nc(OC)nn2C1c1ccc(C#N)cc1. The maximum Gasteiger partial charge on any atom is 0.337 e. The molecule has 0 N–H and O–H groups in total. The van der Waals surface area contributed by atoms with Gasteiger partial charge in [0.15, 0.2) is 0 Å². The van der Waals surface area contributed by atoms with Crippen molar-refractivity contribution in [2.45, 2.75) is 19.9 Å². The first-order valence-corrected chi connectivity index (χ1v) is 7.81. The number of hydrogen-bond donors (Lipinski definition) is 0. The summed E-state index contributed by atoms with van der Waals surface area (Å²) in [5.41, 5.74) is 1.93. The quantitative estimate of drug-likeness (QED) is 0.790. The number of carbonyl (C=O) groups is 1. The largest absolute Gasteiger partial charge is 0.466 e. The van der Waals surface area contributed by atoms with Crippen molar-refractivity contribution < 1.29 is 14.3 Å². The van der Waals surface area contributed by atoms with Crippen molar-refractivity contribution in [2.75, 3.05) is 13.7 Å². The van der Waals surface area contributed by atoms with Crippen LogP contribution in [0.15, 0.2) is 29.3 Å². The molecule has 2 heterocycles. The summed E-state index contributed by atoms with van der Waals surface area (Å²) < 4.78 is 11.9. The van der Waals surface area contributed by atoms with E-state index in [0.717, 1.165) is 5.56 Å². The van der Waals surface area contributed by atoms with Crippen LogP contribution < -0.4 is 4.74 Å². The Morgan fingerprint density at radius 3 is 2.68 bits per heavy atom. The standard InChI is InChI=1S/C17H17N5O3/c1-4-25-15(23)13-10(2)19-16-20-17(24-3)21-22(16)14(13)12-7-5-11(9-18)6-8-12/h5-8,13-14H,4H2,1-3H3. The molecular weight excluding hydrogens is 322 g/mol. The van der Waals surface area contributed by atoms with E-state index < -0.39 is 12.0 Å². The number of nitrogens with zero attached hydrogens (tertiary/aromatic N) is 5. The van der Waals surface area contributed by atoms with Gasteiger partial charge < -0.3 is 9.47 Å². The van der Waals surface area contributed by atoms with Gasteiger partial charge in [0.25, 0.3) is 5.95 Å². The first kappa shape index (κ1) is 16.6. The summed E-state index contributed by atoms with van der Waals surface area (Å²) in [6.07, 6.45) is 0. The van der Waals surface area contributed by atoms with Gasteiger partial charge in [-0.1, -0.05) is 12.1 Å². The van der Waals surface area contributed by atoms with Gasteiger partial charge in [-0.05, 0) is 31.5 Å². The van der Waals surface area contributed by atoms with Crippen LogP contribution in [-0.4, -0.2) is 40.2 Å². The summed E-state index contributed by atoms with van der Waals surface area (Å²) in [4.78, 5) is 21.1. The molecule has 1 aliphatic rings. The molecule has 8 nitrogen and oxygen atoms in total. The molecule has 3 rings (SSSR count). The van der Waals surface area contributed by atoms with Crippen LogP contribution in [0.2, 0.25) is 0 Å². The van der Waals surface area contributed by atoms with Crippen LogP contribution in [0.3, 0.4) is 0 Å². The normalized spacial score (nSPS) is 18.7. The van der Waals surface area contributed by atoms with Gasteiger partial charge in [0.05, 0.1) is 31.4 Å².